The molecule has 2 nitrogen and oxygen atoms in total. The van der Waals surface area contributed by atoms with Crippen LogP contribution in [0.2, 0.25) is 0 Å². The average molecular weight is 357 g/mol. The number of hydrogen-bond acceptors (Lipinski definition) is 2. The molecule has 0 saturated carbocycles. The van der Waals surface area contributed by atoms with Gasteiger partial charge in [0.05, 0.1) is 0 Å². The molecule has 0 N–H and O–H groups in total. The van der Waals surface area contributed by atoms with E-state index >= 15 is 0 Å². The number of rotatable bonds is 4. The Bertz CT molecular complexity index is 494. The number of hydrogen-bond donors (Lipinski definition) is 0. The van der Waals surface area contributed by atoms with E-state index in [1.54, 1.807) is 11.8 Å². The predicted molar refractivity (Wildman–Crippen MR) is 96.8 cm³/mol. The van der Waals surface area contributed by atoms with E-state index in [4.69, 9.17) is 0 Å². The summed E-state index contributed by atoms with van der Waals surface area (Å²) in [6.07, 6.45) is 15.1. The van der Waals surface area contributed by atoms with Gasteiger partial charge in [0.15, 0.2) is 0 Å². The van der Waals surface area contributed by atoms with Gasteiger partial charge in [-0.05, 0) is 59.3 Å². The molecular formula is C16H25BrN2S. The zero-order valence-corrected chi connectivity index (χ0v) is 15.3. The van der Waals surface area contributed by atoms with Crippen LogP contribution < -0.4 is 0 Å². The van der Waals surface area contributed by atoms with Crippen LogP contribution in [-0.4, -0.2) is 21.9 Å². The summed E-state index contributed by atoms with van der Waals surface area (Å²) in [6, 6.07) is 2.14. The third-order valence-electron chi connectivity index (χ3n) is 2.38. The van der Waals surface area contributed by atoms with E-state index < -0.39 is 0 Å². The van der Waals surface area contributed by atoms with E-state index in [1.165, 1.54) is 5.56 Å². The van der Waals surface area contributed by atoms with Crippen LogP contribution in [0.25, 0.3) is 5.65 Å². The fraction of sp³-hybridized carbons (Fsp3) is 0.438. The SMILES string of the molecule is C=CCCCc1cc(Br)cn2ccnc12.CC.CSC. The Morgan fingerprint density at radius 2 is 2.05 bits per heavy atom. The topological polar surface area (TPSA) is 17.3 Å². The molecular weight excluding hydrogens is 332 g/mol. The van der Waals surface area contributed by atoms with Crippen molar-refractivity contribution in [2.75, 3.05) is 12.5 Å². The van der Waals surface area contributed by atoms with Gasteiger partial charge in [0.1, 0.15) is 5.65 Å². The van der Waals surface area contributed by atoms with Crippen molar-refractivity contribution in [3.8, 4) is 0 Å². The van der Waals surface area contributed by atoms with Gasteiger partial charge in [0.2, 0.25) is 0 Å². The molecule has 0 spiro atoms. The first-order valence-corrected chi connectivity index (χ1v) is 9.27. The van der Waals surface area contributed by atoms with Crippen LogP contribution >= 0.6 is 27.7 Å². The standard InChI is InChI=1S/C12H13BrN2.C2H6S.C2H6/c1-2-3-4-5-10-8-11(13)9-15-7-6-14-12(10)15;1-3-2;1-2/h2,6-9H,1,3-5H2;1-2H3;1-2H3. The highest BCUT2D eigenvalue weighted by atomic mass is 79.9. The Hall–Kier alpha value is -0.740. The lowest BCUT2D eigenvalue weighted by atomic mass is 10.1. The molecule has 2 aromatic heterocycles. The van der Waals surface area contributed by atoms with Gasteiger partial charge < -0.3 is 4.40 Å². The van der Waals surface area contributed by atoms with Gasteiger partial charge in [-0.1, -0.05) is 19.9 Å². The summed E-state index contributed by atoms with van der Waals surface area (Å²) < 4.78 is 3.15. The van der Waals surface area contributed by atoms with Crippen LogP contribution in [-0.2, 0) is 6.42 Å². The van der Waals surface area contributed by atoms with Gasteiger partial charge in [-0.2, -0.15) is 11.8 Å². The molecule has 0 aliphatic carbocycles. The number of pyridine rings is 1. The molecule has 0 aliphatic rings. The van der Waals surface area contributed by atoms with Crippen molar-refractivity contribution in [3.05, 3.63) is 47.3 Å². The number of imidazole rings is 1. The van der Waals surface area contributed by atoms with E-state index in [1.807, 2.05) is 55.4 Å². The van der Waals surface area contributed by atoms with E-state index in [0.717, 1.165) is 29.4 Å². The molecule has 112 valence electrons. The summed E-state index contributed by atoms with van der Waals surface area (Å²) in [5.74, 6) is 0. The van der Waals surface area contributed by atoms with Crippen LogP contribution in [0.1, 0.15) is 32.3 Å². The first-order chi connectivity index (χ1) is 9.72. The molecule has 0 aromatic carbocycles. The van der Waals surface area contributed by atoms with Gasteiger partial charge in [0.25, 0.3) is 0 Å². The minimum atomic E-state index is 1.05. The van der Waals surface area contributed by atoms with Crippen molar-refractivity contribution in [2.24, 2.45) is 0 Å². The number of aryl methyl sites for hydroxylation is 1. The van der Waals surface area contributed by atoms with Gasteiger partial charge in [0, 0.05) is 23.1 Å². The summed E-state index contributed by atoms with van der Waals surface area (Å²) in [4.78, 5) is 4.35. The Morgan fingerprint density at radius 1 is 1.40 bits per heavy atom. The summed E-state index contributed by atoms with van der Waals surface area (Å²) in [6.45, 7) is 7.73. The fourth-order valence-electron chi connectivity index (χ4n) is 1.69. The minimum absolute atomic E-state index is 1.05. The van der Waals surface area contributed by atoms with Crippen LogP contribution in [0.5, 0.6) is 0 Å². The maximum atomic E-state index is 4.35. The van der Waals surface area contributed by atoms with E-state index in [0.29, 0.717) is 0 Å². The molecule has 0 saturated heterocycles. The minimum Gasteiger partial charge on any atom is -0.306 e. The number of nitrogens with zero attached hydrogens (tertiary/aromatic N) is 2. The Kier molecular flexibility index (Phi) is 11.6. The first-order valence-electron chi connectivity index (χ1n) is 6.85. The second-order valence-corrected chi connectivity index (χ2v) is 5.66. The summed E-state index contributed by atoms with van der Waals surface area (Å²) >= 11 is 5.26. The van der Waals surface area contributed by atoms with Gasteiger partial charge in [-0.25, -0.2) is 4.98 Å². The molecule has 0 atom stereocenters. The molecule has 4 heteroatoms. The highest BCUT2D eigenvalue weighted by Crippen LogP contribution is 2.18. The summed E-state index contributed by atoms with van der Waals surface area (Å²) in [7, 11) is 0. The average Bonchev–Trinajstić information content (AvgIpc) is 2.90. The zero-order chi connectivity index (χ0) is 15.4. The Morgan fingerprint density at radius 3 is 2.65 bits per heavy atom. The normalized spacial score (nSPS) is 9.25. The third-order valence-corrected chi connectivity index (χ3v) is 2.82. The van der Waals surface area contributed by atoms with Crippen LogP contribution in [0.4, 0.5) is 0 Å². The number of halogens is 1. The van der Waals surface area contributed by atoms with Crippen LogP contribution in [0.15, 0.2) is 41.8 Å². The maximum Gasteiger partial charge on any atom is 0.139 e. The van der Waals surface area contributed by atoms with Crippen molar-refractivity contribution < 1.29 is 0 Å². The number of aromatic nitrogens is 2. The fourth-order valence-corrected chi connectivity index (χ4v) is 2.18. The van der Waals surface area contributed by atoms with Crippen molar-refractivity contribution in [1.82, 2.24) is 9.38 Å². The van der Waals surface area contributed by atoms with Gasteiger partial charge in [-0.15, -0.1) is 6.58 Å². The number of fused-ring (bicyclic) bond motifs is 1. The third kappa shape index (κ3) is 6.62. The largest absolute Gasteiger partial charge is 0.306 e. The molecule has 2 heterocycles. The molecule has 0 bridgehead atoms. The second-order valence-electron chi connectivity index (χ2n) is 3.93. The quantitative estimate of drug-likeness (QED) is 0.523. The van der Waals surface area contributed by atoms with E-state index in [-0.39, 0.29) is 0 Å². The molecule has 0 aliphatic heterocycles. The molecule has 2 rings (SSSR count). The van der Waals surface area contributed by atoms with Crippen LogP contribution in [0, 0.1) is 0 Å². The lowest BCUT2D eigenvalue weighted by Crippen LogP contribution is -1.92. The van der Waals surface area contributed by atoms with E-state index in [9.17, 15) is 0 Å². The lowest BCUT2D eigenvalue weighted by Gasteiger charge is -2.04. The highest BCUT2D eigenvalue weighted by Gasteiger charge is 2.03. The molecule has 0 unspecified atom stereocenters. The van der Waals surface area contributed by atoms with Crippen molar-refractivity contribution in [3.63, 3.8) is 0 Å². The first kappa shape index (κ1) is 19.3. The second kappa shape index (κ2) is 12.0. The predicted octanol–water partition coefficient (Wildman–Crippen LogP) is 5.61. The smallest absolute Gasteiger partial charge is 0.139 e. The molecule has 0 fully saturated rings. The number of allylic oxidation sites excluding steroid dienone is 1. The Balaban J connectivity index is 0.000000641. The van der Waals surface area contributed by atoms with Crippen molar-refractivity contribution >= 4 is 33.3 Å². The highest BCUT2D eigenvalue weighted by molar-refractivity contribution is 9.10. The van der Waals surface area contributed by atoms with Gasteiger partial charge in [-0.3, -0.25) is 0 Å². The van der Waals surface area contributed by atoms with E-state index in [2.05, 4.69) is 33.6 Å². The maximum absolute atomic E-state index is 4.35. The van der Waals surface area contributed by atoms with Crippen molar-refractivity contribution in [1.29, 1.82) is 0 Å². The summed E-state index contributed by atoms with van der Waals surface area (Å²) in [5.41, 5.74) is 2.35. The van der Waals surface area contributed by atoms with Crippen molar-refractivity contribution in [2.45, 2.75) is 33.1 Å². The monoisotopic (exact) mass is 356 g/mol. The molecule has 20 heavy (non-hydrogen) atoms. The Labute approximate surface area is 135 Å². The van der Waals surface area contributed by atoms with Gasteiger partial charge >= 0.3 is 0 Å². The molecule has 2 aromatic rings. The zero-order valence-electron chi connectivity index (χ0n) is 12.9. The molecule has 0 amide bonds. The van der Waals surface area contributed by atoms with Crippen LogP contribution in [0.3, 0.4) is 0 Å². The lowest BCUT2D eigenvalue weighted by molar-refractivity contribution is 0.841. The summed E-state index contributed by atoms with van der Waals surface area (Å²) in [5, 5.41) is 0. The number of thioether (sulfide) groups is 1. The molecule has 0 radical (unpaired) electrons. The number of unbranched alkanes of at least 4 members (excludes halogenated alkanes) is 1.